The van der Waals surface area contributed by atoms with Gasteiger partial charge in [-0.3, -0.25) is 10.1 Å². The van der Waals surface area contributed by atoms with E-state index < -0.39 is 17.4 Å². The van der Waals surface area contributed by atoms with Gasteiger partial charge < -0.3 is 14.9 Å². The summed E-state index contributed by atoms with van der Waals surface area (Å²) in [5.41, 5.74) is 0.906. The highest BCUT2D eigenvalue weighted by atomic mass is 32.1. The average Bonchev–Trinajstić information content (AvgIpc) is 3.08. The minimum Gasteiger partial charge on any atom is -0.435 e. The Labute approximate surface area is 148 Å². The number of rotatable bonds is 6. The van der Waals surface area contributed by atoms with Gasteiger partial charge in [0.05, 0.1) is 22.0 Å². The van der Waals surface area contributed by atoms with E-state index in [0.29, 0.717) is 15.9 Å². The van der Waals surface area contributed by atoms with Crippen molar-refractivity contribution in [1.29, 1.82) is 0 Å². The van der Waals surface area contributed by atoms with Crippen molar-refractivity contribution < 1.29 is 23.2 Å². The number of thiazole rings is 1. The summed E-state index contributed by atoms with van der Waals surface area (Å²) in [6, 6.07) is 5.47. The molecule has 0 saturated carbocycles. The molecule has 3 aromatic rings. The van der Waals surface area contributed by atoms with Gasteiger partial charge >= 0.3 is 12.4 Å². The van der Waals surface area contributed by atoms with Crippen molar-refractivity contribution in [2.24, 2.45) is 0 Å². The van der Waals surface area contributed by atoms with Crippen LogP contribution in [0, 0.1) is 17.0 Å². The van der Waals surface area contributed by atoms with Gasteiger partial charge in [0.1, 0.15) is 5.75 Å². The van der Waals surface area contributed by atoms with Crippen LogP contribution in [0.1, 0.15) is 5.69 Å². The van der Waals surface area contributed by atoms with E-state index in [2.05, 4.69) is 20.1 Å². The van der Waals surface area contributed by atoms with E-state index in [9.17, 15) is 23.7 Å². The van der Waals surface area contributed by atoms with Crippen molar-refractivity contribution in [2.75, 3.05) is 5.32 Å². The van der Waals surface area contributed by atoms with Gasteiger partial charge in [0.2, 0.25) is 0 Å². The summed E-state index contributed by atoms with van der Waals surface area (Å²) in [7, 11) is 0. The standard InChI is InChI=1S/C14H11F2N5O4S/c1-7-4-12(21(23)24)20(19-7)6-11(22)18-14-17-9-3-2-8(25-13(15)16)5-10(9)26-14/h2-5,13H,6H2,1H3,(H,17,18,22). The number of halogens is 2. The topological polar surface area (TPSA) is 112 Å². The number of carbonyl (C=O) groups excluding carboxylic acids is 1. The number of hydrogen-bond acceptors (Lipinski definition) is 7. The first-order valence-electron chi connectivity index (χ1n) is 7.16. The van der Waals surface area contributed by atoms with Crippen molar-refractivity contribution in [3.63, 3.8) is 0 Å². The van der Waals surface area contributed by atoms with Crippen LogP contribution in [0.4, 0.5) is 19.7 Å². The molecule has 0 aliphatic rings. The highest BCUT2D eigenvalue weighted by Crippen LogP contribution is 2.29. The zero-order valence-corrected chi connectivity index (χ0v) is 14.0. The smallest absolute Gasteiger partial charge is 0.387 e. The maximum Gasteiger partial charge on any atom is 0.387 e. The third kappa shape index (κ3) is 3.91. The van der Waals surface area contributed by atoms with E-state index in [1.54, 1.807) is 6.92 Å². The first-order valence-corrected chi connectivity index (χ1v) is 7.97. The third-order valence-electron chi connectivity index (χ3n) is 3.19. The number of anilines is 1. The van der Waals surface area contributed by atoms with Gasteiger partial charge in [-0.25, -0.2) is 4.98 Å². The van der Waals surface area contributed by atoms with Gasteiger partial charge in [0.25, 0.3) is 5.91 Å². The van der Waals surface area contributed by atoms with Crippen molar-refractivity contribution in [1.82, 2.24) is 14.8 Å². The number of amides is 1. The van der Waals surface area contributed by atoms with E-state index in [0.717, 1.165) is 16.0 Å². The fraction of sp³-hybridized carbons (Fsp3) is 0.214. The Bertz CT molecular complexity index is 987. The third-order valence-corrected chi connectivity index (χ3v) is 4.13. The fourth-order valence-corrected chi connectivity index (χ4v) is 3.14. The molecular formula is C14H11F2N5O4S. The van der Waals surface area contributed by atoms with E-state index in [1.165, 1.54) is 24.3 Å². The number of alkyl halides is 2. The van der Waals surface area contributed by atoms with Gasteiger partial charge in [0.15, 0.2) is 11.7 Å². The molecule has 12 heteroatoms. The fourth-order valence-electron chi connectivity index (χ4n) is 2.22. The van der Waals surface area contributed by atoms with Gasteiger partial charge in [-0.2, -0.15) is 8.78 Å². The summed E-state index contributed by atoms with van der Waals surface area (Å²) in [6.07, 6.45) is 0. The number of carbonyl (C=O) groups is 1. The van der Waals surface area contributed by atoms with Crippen LogP contribution in [-0.4, -0.2) is 32.2 Å². The van der Waals surface area contributed by atoms with Crippen LogP contribution in [0.3, 0.4) is 0 Å². The second kappa shape index (κ2) is 7.00. The summed E-state index contributed by atoms with van der Waals surface area (Å²) in [6.45, 7) is -1.72. The molecule has 2 aromatic heterocycles. The molecule has 1 N–H and O–H groups in total. The summed E-state index contributed by atoms with van der Waals surface area (Å²) >= 11 is 1.06. The van der Waals surface area contributed by atoms with Crippen LogP contribution in [0.15, 0.2) is 24.3 Å². The van der Waals surface area contributed by atoms with Gasteiger partial charge in [0, 0.05) is 0 Å². The number of ether oxygens (including phenoxy) is 1. The molecular weight excluding hydrogens is 372 g/mol. The van der Waals surface area contributed by atoms with Crippen LogP contribution in [0.2, 0.25) is 0 Å². The zero-order valence-electron chi connectivity index (χ0n) is 13.2. The molecule has 0 fully saturated rings. The maximum absolute atomic E-state index is 12.2. The predicted molar refractivity (Wildman–Crippen MR) is 88.5 cm³/mol. The van der Waals surface area contributed by atoms with E-state index in [4.69, 9.17) is 0 Å². The second-order valence-electron chi connectivity index (χ2n) is 5.13. The largest absolute Gasteiger partial charge is 0.435 e. The molecule has 0 bridgehead atoms. The highest BCUT2D eigenvalue weighted by Gasteiger charge is 2.20. The molecule has 136 valence electrons. The normalized spacial score (nSPS) is 11.1. The van der Waals surface area contributed by atoms with Crippen LogP contribution >= 0.6 is 11.3 Å². The number of fused-ring (bicyclic) bond motifs is 1. The van der Waals surface area contributed by atoms with Crippen LogP contribution in [0.25, 0.3) is 10.2 Å². The molecule has 1 aromatic carbocycles. The van der Waals surface area contributed by atoms with Gasteiger partial charge in [-0.15, -0.1) is 4.68 Å². The lowest BCUT2D eigenvalue weighted by molar-refractivity contribution is -0.392. The predicted octanol–water partition coefficient (Wildman–Crippen LogP) is 2.95. The Balaban J connectivity index is 1.74. The Hall–Kier alpha value is -3.15. The van der Waals surface area contributed by atoms with E-state index >= 15 is 0 Å². The summed E-state index contributed by atoms with van der Waals surface area (Å²) in [5, 5.41) is 17.6. The van der Waals surface area contributed by atoms with Crippen molar-refractivity contribution in [3.8, 4) is 5.75 Å². The van der Waals surface area contributed by atoms with Crippen molar-refractivity contribution in [3.05, 3.63) is 40.1 Å². The van der Waals surface area contributed by atoms with Gasteiger partial charge in [-0.05, 0) is 30.0 Å². The number of aromatic nitrogens is 3. The SMILES string of the molecule is Cc1cc([N+](=O)[O-])n(CC(=O)Nc2nc3ccc(OC(F)F)cc3s2)n1. The molecule has 2 heterocycles. The number of hydrogen-bond donors (Lipinski definition) is 1. The molecule has 0 radical (unpaired) electrons. The maximum atomic E-state index is 12.2. The minimum absolute atomic E-state index is 0.0170. The lowest BCUT2D eigenvalue weighted by Gasteiger charge is -2.02. The summed E-state index contributed by atoms with van der Waals surface area (Å²) < 4.78 is 30.3. The Kier molecular flexibility index (Phi) is 4.75. The first kappa shape index (κ1) is 17.7. The minimum atomic E-state index is -2.94. The number of nitrogens with one attached hydrogen (secondary N) is 1. The van der Waals surface area contributed by atoms with E-state index in [1.807, 2.05) is 0 Å². The average molecular weight is 383 g/mol. The number of nitro groups is 1. The lowest BCUT2D eigenvalue weighted by Crippen LogP contribution is -2.20. The van der Waals surface area contributed by atoms with Gasteiger partial charge in [-0.1, -0.05) is 16.4 Å². The molecule has 0 spiro atoms. The Morgan fingerprint density at radius 1 is 1.46 bits per heavy atom. The summed E-state index contributed by atoms with van der Waals surface area (Å²) in [5.74, 6) is -0.869. The Morgan fingerprint density at radius 2 is 2.23 bits per heavy atom. The number of benzene rings is 1. The molecule has 9 nitrogen and oxygen atoms in total. The molecule has 0 saturated heterocycles. The highest BCUT2D eigenvalue weighted by molar-refractivity contribution is 7.22. The second-order valence-corrected chi connectivity index (χ2v) is 6.16. The lowest BCUT2D eigenvalue weighted by atomic mass is 10.3. The molecule has 26 heavy (non-hydrogen) atoms. The first-order chi connectivity index (χ1) is 12.3. The van der Waals surface area contributed by atoms with E-state index in [-0.39, 0.29) is 23.2 Å². The molecule has 3 rings (SSSR count). The molecule has 0 aliphatic carbocycles. The Morgan fingerprint density at radius 3 is 2.92 bits per heavy atom. The van der Waals surface area contributed by atoms with Crippen molar-refractivity contribution >= 4 is 38.4 Å². The van der Waals surface area contributed by atoms with Crippen LogP contribution < -0.4 is 10.1 Å². The number of aryl methyl sites for hydroxylation is 1. The van der Waals surface area contributed by atoms with Crippen molar-refractivity contribution in [2.45, 2.75) is 20.1 Å². The summed E-state index contributed by atoms with van der Waals surface area (Å²) in [4.78, 5) is 26.6. The molecule has 0 aliphatic heterocycles. The number of nitrogens with zero attached hydrogens (tertiary/aromatic N) is 4. The van der Waals surface area contributed by atoms with Crippen LogP contribution in [-0.2, 0) is 11.3 Å². The van der Waals surface area contributed by atoms with Crippen LogP contribution in [0.5, 0.6) is 5.75 Å². The quantitative estimate of drug-likeness (QED) is 0.517. The zero-order chi connectivity index (χ0) is 18.8. The molecule has 0 unspecified atom stereocenters. The molecule has 1 amide bonds. The monoisotopic (exact) mass is 383 g/mol. The molecule has 0 atom stereocenters.